The molecule has 0 atom stereocenters. The summed E-state index contributed by atoms with van der Waals surface area (Å²) < 4.78 is 14.9. The fraction of sp³-hybridized carbons (Fsp3) is 0.208. The zero-order valence-corrected chi connectivity index (χ0v) is 17.0. The highest BCUT2D eigenvalue weighted by Gasteiger charge is 2.18. The topological polar surface area (TPSA) is 59.3 Å². The number of amides is 1. The molecule has 2 aromatic carbocycles. The van der Waals surface area contributed by atoms with E-state index in [0.29, 0.717) is 24.2 Å². The first-order valence-electron chi connectivity index (χ1n) is 9.93. The third kappa shape index (κ3) is 4.08. The fourth-order valence-electron chi connectivity index (χ4n) is 3.59. The van der Waals surface area contributed by atoms with Crippen LogP contribution in [0.1, 0.15) is 38.4 Å². The normalized spacial score (nSPS) is 11.0. The Bertz CT molecular complexity index is 1180. The molecular weight excluding hydrogens is 379 g/mol. The third-order valence-corrected chi connectivity index (χ3v) is 5.29. The molecule has 6 heteroatoms. The smallest absolute Gasteiger partial charge is 0.256 e. The number of nitrogens with zero attached hydrogens (tertiary/aromatic N) is 3. The molecule has 0 aliphatic rings. The number of nitrogens with one attached hydrogen (secondary N) is 1. The first-order chi connectivity index (χ1) is 14.5. The van der Waals surface area contributed by atoms with E-state index < -0.39 is 0 Å². The van der Waals surface area contributed by atoms with Gasteiger partial charge in [0, 0.05) is 24.4 Å². The van der Waals surface area contributed by atoms with Gasteiger partial charge in [0.05, 0.1) is 6.20 Å². The van der Waals surface area contributed by atoms with Crippen LogP contribution in [-0.2, 0) is 12.8 Å². The fourth-order valence-corrected chi connectivity index (χ4v) is 3.59. The summed E-state index contributed by atoms with van der Waals surface area (Å²) in [6.45, 7) is 4.43. The van der Waals surface area contributed by atoms with E-state index >= 15 is 0 Å². The molecule has 0 unspecified atom stereocenters. The van der Waals surface area contributed by atoms with Crippen LogP contribution in [0.25, 0.3) is 5.65 Å². The molecule has 2 heterocycles. The number of aromatic nitrogens is 3. The minimum absolute atomic E-state index is 0.182. The van der Waals surface area contributed by atoms with E-state index in [2.05, 4.69) is 15.4 Å². The van der Waals surface area contributed by atoms with Gasteiger partial charge in [-0.15, -0.1) is 0 Å². The number of rotatable bonds is 6. The summed E-state index contributed by atoms with van der Waals surface area (Å²) in [6.07, 6.45) is 2.95. The maximum Gasteiger partial charge on any atom is 0.256 e. The van der Waals surface area contributed by atoms with Crippen molar-refractivity contribution < 1.29 is 9.18 Å². The molecule has 30 heavy (non-hydrogen) atoms. The molecule has 2 aromatic heterocycles. The third-order valence-electron chi connectivity index (χ3n) is 5.29. The van der Waals surface area contributed by atoms with Crippen molar-refractivity contribution in [3.05, 3.63) is 100 Å². The molecule has 4 aromatic rings. The van der Waals surface area contributed by atoms with Gasteiger partial charge in [0.15, 0.2) is 5.65 Å². The van der Waals surface area contributed by atoms with Crippen molar-refractivity contribution >= 4 is 11.6 Å². The SMILES string of the molecule is Cc1nc2c(C(=O)NCCc3ccccc3)cnn2c(C)c1Cc1ccc(F)cc1. The summed E-state index contributed by atoms with van der Waals surface area (Å²) >= 11 is 0. The maximum absolute atomic E-state index is 13.2. The average molecular weight is 402 g/mol. The molecule has 0 saturated heterocycles. The molecule has 0 fully saturated rings. The second kappa shape index (κ2) is 8.45. The zero-order chi connectivity index (χ0) is 21.1. The molecular formula is C24H23FN4O. The highest BCUT2D eigenvalue weighted by Crippen LogP contribution is 2.20. The minimum Gasteiger partial charge on any atom is -0.352 e. The van der Waals surface area contributed by atoms with Crippen molar-refractivity contribution in [3.63, 3.8) is 0 Å². The van der Waals surface area contributed by atoms with Crippen LogP contribution in [0, 0.1) is 19.7 Å². The van der Waals surface area contributed by atoms with E-state index in [-0.39, 0.29) is 11.7 Å². The zero-order valence-electron chi connectivity index (χ0n) is 17.0. The Morgan fingerprint density at radius 2 is 1.77 bits per heavy atom. The summed E-state index contributed by atoms with van der Waals surface area (Å²) in [5, 5.41) is 7.35. The summed E-state index contributed by atoms with van der Waals surface area (Å²) in [7, 11) is 0. The van der Waals surface area contributed by atoms with E-state index in [4.69, 9.17) is 0 Å². The lowest BCUT2D eigenvalue weighted by Crippen LogP contribution is -2.25. The molecule has 0 bridgehead atoms. The molecule has 1 N–H and O–H groups in total. The molecule has 0 radical (unpaired) electrons. The van der Waals surface area contributed by atoms with Crippen LogP contribution in [0.3, 0.4) is 0 Å². The highest BCUT2D eigenvalue weighted by atomic mass is 19.1. The number of hydrogen-bond donors (Lipinski definition) is 1. The van der Waals surface area contributed by atoms with Gasteiger partial charge in [-0.2, -0.15) is 5.10 Å². The first-order valence-corrected chi connectivity index (χ1v) is 9.93. The number of carbonyl (C=O) groups is 1. The van der Waals surface area contributed by atoms with Gasteiger partial charge in [0.1, 0.15) is 11.4 Å². The van der Waals surface area contributed by atoms with E-state index in [9.17, 15) is 9.18 Å². The number of fused-ring (bicyclic) bond motifs is 1. The molecule has 0 saturated carbocycles. The average Bonchev–Trinajstić information content (AvgIpc) is 3.17. The standard InChI is InChI=1S/C24H23FN4O/c1-16-21(14-19-8-10-20(25)11-9-19)17(2)29-23(28-16)22(15-27-29)24(30)26-13-12-18-6-4-3-5-7-18/h3-11,15H,12-14H2,1-2H3,(H,26,30). The second-order valence-electron chi connectivity index (χ2n) is 7.35. The molecule has 4 rings (SSSR count). The number of carbonyl (C=O) groups excluding carboxylic acids is 1. The van der Waals surface area contributed by atoms with Crippen LogP contribution >= 0.6 is 0 Å². The Morgan fingerprint density at radius 3 is 2.50 bits per heavy atom. The van der Waals surface area contributed by atoms with Crippen molar-refractivity contribution in [1.82, 2.24) is 19.9 Å². The molecule has 1 amide bonds. The number of aryl methyl sites for hydroxylation is 2. The van der Waals surface area contributed by atoms with Crippen molar-refractivity contribution in [2.24, 2.45) is 0 Å². The number of hydrogen-bond acceptors (Lipinski definition) is 3. The van der Waals surface area contributed by atoms with E-state index in [1.54, 1.807) is 22.8 Å². The highest BCUT2D eigenvalue weighted by molar-refractivity contribution is 5.99. The molecule has 0 aliphatic carbocycles. The Labute approximate surface area is 174 Å². The van der Waals surface area contributed by atoms with Crippen LogP contribution < -0.4 is 5.32 Å². The van der Waals surface area contributed by atoms with E-state index in [1.807, 2.05) is 44.2 Å². The summed E-state index contributed by atoms with van der Waals surface area (Å²) in [6, 6.07) is 16.5. The minimum atomic E-state index is -0.254. The molecule has 152 valence electrons. The first kappa shape index (κ1) is 19.8. The van der Waals surface area contributed by atoms with Crippen LogP contribution in [0.15, 0.2) is 60.8 Å². The molecule has 0 spiro atoms. The van der Waals surface area contributed by atoms with Crippen LogP contribution in [0.2, 0.25) is 0 Å². The van der Waals surface area contributed by atoms with Gasteiger partial charge in [-0.25, -0.2) is 13.9 Å². The van der Waals surface area contributed by atoms with Gasteiger partial charge in [-0.3, -0.25) is 4.79 Å². The lowest BCUT2D eigenvalue weighted by atomic mass is 10.0. The summed E-state index contributed by atoms with van der Waals surface area (Å²) in [5.41, 5.74) is 5.96. The van der Waals surface area contributed by atoms with Crippen molar-refractivity contribution in [3.8, 4) is 0 Å². The van der Waals surface area contributed by atoms with Crippen LogP contribution in [0.5, 0.6) is 0 Å². The van der Waals surface area contributed by atoms with Crippen LogP contribution in [-0.4, -0.2) is 27.0 Å². The Balaban J connectivity index is 1.54. The lowest BCUT2D eigenvalue weighted by molar-refractivity contribution is 0.0955. The monoisotopic (exact) mass is 402 g/mol. The number of halogens is 1. The summed E-state index contributed by atoms with van der Waals surface area (Å²) in [4.78, 5) is 17.4. The predicted octanol–water partition coefficient (Wildman–Crippen LogP) is 4.05. The van der Waals surface area contributed by atoms with E-state index in [0.717, 1.165) is 28.9 Å². The predicted molar refractivity (Wildman–Crippen MR) is 114 cm³/mol. The summed E-state index contributed by atoms with van der Waals surface area (Å²) in [5.74, 6) is -0.436. The van der Waals surface area contributed by atoms with Gasteiger partial charge < -0.3 is 5.32 Å². The van der Waals surface area contributed by atoms with Gasteiger partial charge >= 0.3 is 0 Å². The molecule has 5 nitrogen and oxygen atoms in total. The number of benzene rings is 2. The lowest BCUT2D eigenvalue weighted by Gasteiger charge is -2.12. The van der Waals surface area contributed by atoms with Crippen LogP contribution in [0.4, 0.5) is 4.39 Å². The largest absolute Gasteiger partial charge is 0.352 e. The van der Waals surface area contributed by atoms with E-state index in [1.165, 1.54) is 17.7 Å². The van der Waals surface area contributed by atoms with Gasteiger partial charge in [-0.1, -0.05) is 42.5 Å². The Hall–Kier alpha value is -3.54. The quantitative estimate of drug-likeness (QED) is 0.529. The Kier molecular flexibility index (Phi) is 5.57. The molecule has 0 aliphatic heterocycles. The van der Waals surface area contributed by atoms with Gasteiger partial charge in [0.2, 0.25) is 0 Å². The van der Waals surface area contributed by atoms with Gasteiger partial charge in [-0.05, 0) is 49.1 Å². The van der Waals surface area contributed by atoms with Crippen molar-refractivity contribution in [1.29, 1.82) is 0 Å². The van der Waals surface area contributed by atoms with Gasteiger partial charge in [0.25, 0.3) is 5.91 Å². The maximum atomic E-state index is 13.2. The second-order valence-corrected chi connectivity index (χ2v) is 7.35. The van der Waals surface area contributed by atoms with Crippen molar-refractivity contribution in [2.75, 3.05) is 6.54 Å². The van der Waals surface area contributed by atoms with Crippen molar-refractivity contribution in [2.45, 2.75) is 26.7 Å². The Morgan fingerprint density at radius 1 is 1.03 bits per heavy atom.